The maximum atomic E-state index is 9.55. The van der Waals surface area contributed by atoms with Gasteiger partial charge in [0.15, 0.2) is 6.29 Å². The van der Waals surface area contributed by atoms with Gasteiger partial charge in [-0.1, -0.05) is 40.0 Å². The summed E-state index contributed by atoms with van der Waals surface area (Å²) >= 11 is 0. The average molecular weight is 200 g/mol. The Labute approximate surface area is 87.3 Å². The van der Waals surface area contributed by atoms with Crippen LogP contribution in [0.15, 0.2) is 0 Å². The molecule has 0 aliphatic heterocycles. The van der Waals surface area contributed by atoms with Crippen molar-refractivity contribution >= 4 is 0 Å². The van der Waals surface area contributed by atoms with Crippen LogP contribution in [0.5, 0.6) is 0 Å². The van der Waals surface area contributed by atoms with E-state index in [9.17, 15) is 10.2 Å². The van der Waals surface area contributed by atoms with E-state index in [0.29, 0.717) is 11.8 Å². The second-order valence-corrected chi connectivity index (χ2v) is 5.23. The molecule has 0 saturated heterocycles. The van der Waals surface area contributed by atoms with Crippen molar-refractivity contribution in [3.63, 3.8) is 0 Å². The zero-order valence-electron chi connectivity index (χ0n) is 9.66. The average Bonchev–Trinajstić information content (AvgIpc) is 2.17. The molecule has 0 bridgehead atoms. The first kappa shape index (κ1) is 12.0. The molecule has 0 aromatic carbocycles. The minimum atomic E-state index is -1.18. The molecule has 1 fully saturated rings. The van der Waals surface area contributed by atoms with E-state index in [1.165, 1.54) is 19.3 Å². The van der Waals surface area contributed by atoms with Gasteiger partial charge in [-0.3, -0.25) is 0 Å². The van der Waals surface area contributed by atoms with Crippen molar-refractivity contribution < 1.29 is 10.2 Å². The summed E-state index contributed by atoms with van der Waals surface area (Å²) in [4.78, 5) is 0. The molecule has 2 nitrogen and oxygen atoms in total. The molecule has 1 saturated carbocycles. The van der Waals surface area contributed by atoms with E-state index in [1.807, 2.05) is 6.92 Å². The molecular formula is C12H24O2. The summed E-state index contributed by atoms with van der Waals surface area (Å²) in [6.07, 6.45) is 4.95. The van der Waals surface area contributed by atoms with E-state index in [1.54, 1.807) is 0 Å². The summed E-state index contributed by atoms with van der Waals surface area (Å²) in [6.45, 7) is 6.21. The molecule has 0 radical (unpaired) electrons. The highest BCUT2D eigenvalue weighted by Gasteiger charge is 2.42. The third kappa shape index (κ3) is 2.12. The molecule has 1 aliphatic rings. The van der Waals surface area contributed by atoms with Gasteiger partial charge in [-0.2, -0.15) is 0 Å². The van der Waals surface area contributed by atoms with Gasteiger partial charge < -0.3 is 10.2 Å². The van der Waals surface area contributed by atoms with E-state index in [-0.39, 0.29) is 5.41 Å². The van der Waals surface area contributed by atoms with E-state index < -0.39 is 6.29 Å². The molecule has 1 atom stereocenters. The molecule has 0 heterocycles. The quantitative estimate of drug-likeness (QED) is 0.687. The molecule has 0 spiro atoms. The molecule has 2 N–H and O–H groups in total. The molecule has 1 unspecified atom stereocenters. The van der Waals surface area contributed by atoms with Crippen LogP contribution in [0.25, 0.3) is 0 Å². The maximum absolute atomic E-state index is 9.55. The van der Waals surface area contributed by atoms with Crippen LogP contribution in [0.1, 0.15) is 52.9 Å². The van der Waals surface area contributed by atoms with Crippen LogP contribution >= 0.6 is 0 Å². The number of aliphatic hydroxyl groups is 2. The van der Waals surface area contributed by atoms with E-state index in [2.05, 4.69) is 13.8 Å². The molecule has 14 heavy (non-hydrogen) atoms. The summed E-state index contributed by atoms with van der Waals surface area (Å²) in [5.41, 5.74) is -0.319. The lowest BCUT2D eigenvalue weighted by atomic mass is 9.64. The van der Waals surface area contributed by atoms with Gasteiger partial charge >= 0.3 is 0 Å². The Morgan fingerprint density at radius 3 is 1.93 bits per heavy atom. The van der Waals surface area contributed by atoms with Gasteiger partial charge in [-0.25, -0.2) is 0 Å². The molecule has 0 amide bonds. The van der Waals surface area contributed by atoms with Crippen molar-refractivity contribution in [2.24, 2.45) is 17.3 Å². The lowest BCUT2D eigenvalue weighted by Crippen LogP contribution is -2.44. The van der Waals surface area contributed by atoms with Crippen molar-refractivity contribution in [2.45, 2.75) is 59.2 Å². The highest BCUT2D eigenvalue weighted by molar-refractivity contribution is 4.88. The summed E-state index contributed by atoms with van der Waals surface area (Å²) in [7, 11) is 0. The van der Waals surface area contributed by atoms with Gasteiger partial charge in [-0.05, 0) is 24.7 Å². The fraction of sp³-hybridized carbons (Fsp3) is 1.00. The van der Waals surface area contributed by atoms with Crippen LogP contribution in [0.4, 0.5) is 0 Å². The SMILES string of the molecule is CC(C)C(C)(C(O)O)C1CCCCC1. The third-order valence-electron chi connectivity index (χ3n) is 4.29. The van der Waals surface area contributed by atoms with Crippen molar-refractivity contribution in [3.05, 3.63) is 0 Å². The lowest BCUT2D eigenvalue weighted by Gasteiger charge is -2.44. The van der Waals surface area contributed by atoms with Crippen molar-refractivity contribution in [1.29, 1.82) is 0 Å². The topological polar surface area (TPSA) is 40.5 Å². The van der Waals surface area contributed by atoms with Crippen LogP contribution < -0.4 is 0 Å². The zero-order valence-corrected chi connectivity index (χ0v) is 9.66. The molecule has 0 aromatic rings. The minimum Gasteiger partial charge on any atom is -0.368 e. The highest BCUT2D eigenvalue weighted by atomic mass is 16.5. The number of hydrogen-bond donors (Lipinski definition) is 2. The van der Waals surface area contributed by atoms with Gasteiger partial charge in [0.2, 0.25) is 0 Å². The van der Waals surface area contributed by atoms with Crippen LogP contribution in [-0.2, 0) is 0 Å². The van der Waals surface area contributed by atoms with Gasteiger partial charge in [0.25, 0.3) is 0 Å². The summed E-state index contributed by atoms with van der Waals surface area (Å²) in [5.74, 6) is 0.807. The van der Waals surface area contributed by atoms with Crippen LogP contribution in [-0.4, -0.2) is 16.5 Å². The van der Waals surface area contributed by atoms with Gasteiger partial charge in [0, 0.05) is 5.41 Å². The predicted molar refractivity (Wildman–Crippen MR) is 57.7 cm³/mol. The maximum Gasteiger partial charge on any atom is 0.157 e. The Morgan fingerprint density at radius 1 is 1.07 bits per heavy atom. The van der Waals surface area contributed by atoms with Crippen molar-refractivity contribution in [3.8, 4) is 0 Å². The third-order valence-corrected chi connectivity index (χ3v) is 4.29. The largest absolute Gasteiger partial charge is 0.368 e. The highest BCUT2D eigenvalue weighted by Crippen LogP contribution is 2.45. The normalized spacial score (nSPS) is 24.2. The minimum absolute atomic E-state index is 0.319. The first-order chi connectivity index (χ1) is 6.49. The first-order valence-electron chi connectivity index (χ1n) is 5.85. The first-order valence-corrected chi connectivity index (χ1v) is 5.85. The van der Waals surface area contributed by atoms with E-state index in [0.717, 1.165) is 12.8 Å². The van der Waals surface area contributed by atoms with Crippen LogP contribution in [0, 0.1) is 17.3 Å². The number of rotatable bonds is 3. The summed E-state index contributed by atoms with van der Waals surface area (Å²) in [5, 5.41) is 19.1. The molecule has 1 aliphatic carbocycles. The number of hydrogen-bond acceptors (Lipinski definition) is 2. The summed E-state index contributed by atoms with van der Waals surface area (Å²) < 4.78 is 0. The van der Waals surface area contributed by atoms with E-state index >= 15 is 0 Å². The number of aliphatic hydroxyl groups excluding tert-OH is 1. The predicted octanol–water partition coefficient (Wildman–Crippen LogP) is 2.54. The second-order valence-electron chi connectivity index (χ2n) is 5.23. The zero-order chi connectivity index (χ0) is 10.8. The van der Waals surface area contributed by atoms with Crippen molar-refractivity contribution in [1.82, 2.24) is 0 Å². The van der Waals surface area contributed by atoms with Gasteiger partial charge in [0.1, 0.15) is 0 Å². The van der Waals surface area contributed by atoms with Crippen LogP contribution in [0.3, 0.4) is 0 Å². The Kier molecular flexibility index (Phi) is 3.96. The Morgan fingerprint density at radius 2 is 1.57 bits per heavy atom. The fourth-order valence-electron chi connectivity index (χ4n) is 2.70. The monoisotopic (exact) mass is 200 g/mol. The lowest BCUT2D eigenvalue weighted by molar-refractivity contribution is -0.174. The Bertz CT molecular complexity index is 161. The molecule has 0 aromatic heterocycles. The van der Waals surface area contributed by atoms with Gasteiger partial charge in [-0.15, -0.1) is 0 Å². The molecule has 84 valence electrons. The standard InChI is InChI=1S/C12H24O2/c1-9(2)12(3,11(13)14)10-7-5-4-6-8-10/h9-11,13-14H,4-8H2,1-3H3. The van der Waals surface area contributed by atoms with Crippen LogP contribution in [0.2, 0.25) is 0 Å². The van der Waals surface area contributed by atoms with E-state index in [4.69, 9.17) is 0 Å². The Hall–Kier alpha value is -0.0800. The van der Waals surface area contributed by atoms with Crippen molar-refractivity contribution in [2.75, 3.05) is 0 Å². The van der Waals surface area contributed by atoms with Gasteiger partial charge in [0.05, 0.1) is 0 Å². The second kappa shape index (κ2) is 4.63. The Balaban J connectivity index is 2.75. The molecular weight excluding hydrogens is 176 g/mol. The molecule has 1 rings (SSSR count). The smallest absolute Gasteiger partial charge is 0.157 e. The molecule has 2 heteroatoms. The fourth-order valence-corrected chi connectivity index (χ4v) is 2.70. The summed E-state index contributed by atoms with van der Waals surface area (Å²) in [6, 6.07) is 0.